The molecule has 6 heteroatoms. The van der Waals surface area contributed by atoms with Crippen LogP contribution >= 0.6 is 11.3 Å². The summed E-state index contributed by atoms with van der Waals surface area (Å²) in [6, 6.07) is 18.3. The highest BCUT2D eigenvalue weighted by Crippen LogP contribution is 2.31. The van der Waals surface area contributed by atoms with E-state index in [1.807, 2.05) is 56.4 Å². The molecule has 2 heterocycles. The van der Waals surface area contributed by atoms with Crippen LogP contribution in [-0.2, 0) is 13.0 Å². The quantitative estimate of drug-likeness (QED) is 0.427. The van der Waals surface area contributed by atoms with Gasteiger partial charge in [0.25, 0.3) is 5.91 Å². The van der Waals surface area contributed by atoms with E-state index >= 15 is 0 Å². The minimum atomic E-state index is -0.136. The number of thiazole rings is 1. The first kappa shape index (κ1) is 19.3. The number of fused-ring (bicyclic) bond motifs is 1. The van der Waals surface area contributed by atoms with E-state index in [1.54, 1.807) is 27.0 Å². The molecule has 0 aliphatic rings. The number of rotatable bonds is 6. The van der Waals surface area contributed by atoms with Gasteiger partial charge in [0.2, 0.25) is 0 Å². The maximum atomic E-state index is 13.4. The Kier molecular flexibility index (Phi) is 5.45. The number of aromatic nitrogens is 3. The molecule has 4 aromatic rings. The first-order valence-corrected chi connectivity index (χ1v) is 10.7. The zero-order chi connectivity index (χ0) is 20.4. The van der Waals surface area contributed by atoms with Gasteiger partial charge < -0.3 is 0 Å². The fourth-order valence-electron chi connectivity index (χ4n) is 3.16. The predicted octanol–water partition coefficient (Wildman–Crippen LogP) is 5.48. The van der Waals surface area contributed by atoms with Gasteiger partial charge in [-0.2, -0.15) is 5.10 Å². The van der Waals surface area contributed by atoms with Crippen molar-refractivity contribution < 1.29 is 4.79 Å². The molecule has 148 valence electrons. The molecule has 2 aromatic heterocycles. The molecule has 1 amide bonds. The number of carbonyl (C=O) groups excluding carboxylic acids is 1. The van der Waals surface area contributed by atoms with Gasteiger partial charge in [-0.05, 0) is 49.6 Å². The zero-order valence-electron chi connectivity index (χ0n) is 16.9. The van der Waals surface area contributed by atoms with Gasteiger partial charge in [0.1, 0.15) is 0 Å². The van der Waals surface area contributed by atoms with Crippen LogP contribution in [0, 0.1) is 0 Å². The second-order valence-corrected chi connectivity index (χ2v) is 8.31. The van der Waals surface area contributed by atoms with Crippen molar-refractivity contribution in [1.82, 2.24) is 14.8 Å². The Labute approximate surface area is 174 Å². The smallest absolute Gasteiger partial charge is 0.278 e. The highest BCUT2D eigenvalue weighted by atomic mass is 32.1. The fourth-order valence-corrected chi connectivity index (χ4v) is 4.19. The van der Waals surface area contributed by atoms with Crippen LogP contribution in [0.15, 0.2) is 60.8 Å². The lowest BCUT2D eigenvalue weighted by Gasteiger charge is -2.19. The van der Waals surface area contributed by atoms with Gasteiger partial charge in [-0.25, -0.2) is 4.98 Å². The van der Waals surface area contributed by atoms with E-state index in [0.29, 0.717) is 17.4 Å². The van der Waals surface area contributed by atoms with Crippen LogP contribution in [0.25, 0.3) is 10.2 Å². The normalized spacial score (nSPS) is 11.3. The summed E-state index contributed by atoms with van der Waals surface area (Å²) in [7, 11) is 0. The molecule has 4 rings (SSSR count). The van der Waals surface area contributed by atoms with Crippen LogP contribution in [0.5, 0.6) is 0 Å². The summed E-state index contributed by atoms with van der Waals surface area (Å²) in [5.41, 5.74) is 3.67. The molecule has 0 bridgehead atoms. The van der Waals surface area contributed by atoms with Gasteiger partial charge in [0.05, 0.1) is 16.8 Å². The van der Waals surface area contributed by atoms with E-state index in [1.165, 1.54) is 5.56 Å². The van der Waals surface area contributed by atoms with E-state index in [0.717, 1.165) is 22.2 Å². The molecular weight excluding hydrogens is 380 g/mol. The lowest BCUT2D eigenvalue weighted by Crippen LogP contribution is -2.30. The molecule has 0 fully saturated rings. The summed E-state index contributed by atoms with van der Waals surface area (Å²) in [4.78, 5) is 19.9. The van der Waals surface area contributed by atoms with Gasteiger partial charge in [-0.15, -0.1) is 0 Å². The summed E-state index contributed by atoms with van der Waals surface area (Å²) >= 11 is 1.55. The number of benzene rings is 2. The standard InChI is InChI=1S/C23H24N4OS/c1-4-17-10-11-19-21(14-17)29-23(24-19)26(15-18-8-6-5-7-9-18)22(28)20-12-13-27(25-20)16(2)3/h5-14,16H,4,15H2,1-3H3. The molecule has 0 unspecified atom stereocenters. The number of nitrogens with zero attached hydrogens (tertiary/aromatic N) is 4. The lowest BCUT2D eigenvalue weighted by molar-refractivity contribution is 0.0979. The maximum Gasteiger partial charge on any atom is 0.280 e. The molecule has 0 aliphatic heterocycles. The van der Waals surface area contributed by atoms with Crippen molar-refractivity contribution in [2.45, 2.75) is 39.8 Å². The predicted molar refractivity (Wildman–Crippen MR) is 119 cm³/mol. The Balaban J connectivity index is 1.74. The molecule has 0 saturated carbocycles. The molecule has 0 N–H and O–H groups in total. The number of carbonyl (C=O) groups is 1. The highest BCUT2D eigenvalue weighted by molar-refractivity contribution is 7.22. The van der Waals surface area contributed by atoms with Gasteiger partial charge in [-0.1, -0.05) is 54.7 Å². The molecule has 0 saturated heterocycles. The van der Waals surface area contributed by atoms with Crippen molar-refractivity contribution >= 4 is 32.6 Å². The first-order chi connectivity index (χ1) is 14.0. The van der Waals surface area contributed by atoms with Crippen LogP contribution in [0.3, 0.4) is 0 Å². The lowest BCUT2D eigenvalue weighted by atomic mass is 10.2. The maximum absolute atomic E-state index is 13.4. The molecule has 29 heavy (non-hydrogen) atoms. The molecule has 0 aliphatic carbocycles. The fraction of sp³-hybridized carbons (Fsp3) is 0.261. The number of anilines is 1. The van der Waals surface area contributed by atoms with Crippen LogP contribution in [0.4, 0.5) is 5.13 Å². The van der Waals surface area contributed by atoms with Crippen molar-refractivity contribution in [3.05, 3.63) is 77.6 Å². The van der Waals surface area contributed by atoms with E-state index < -0.39 is 0 Å². The number of hydrogen-bond acceptors (Lipinski definition) is 4. The molecule has 0 spiro atoms. The van der Waals surface area contributed by atoms with E-state index in [4.69, 9.17) is 4.98 Å². The second kappa shape index (κ2) is 8.17. The van der Waals surface area contributed by atoms with E-state index in [-0.39, 0.29) is 11.9 Å². The second-order valence-electron chi connectivity index (χ2n) is 7.30. The van der Waals surface area contributed by atoms with Crippen molar-refractivity contribution in [3.63, 3.8) is 0 Å². The van der Waals surface area contributed by atoms with Gasteiger partial charge in [0.15, 0.2) is 10.8 Å². The van der Waals surface area contributed by atoms with Gasteiger partial charge in [-0.3, -0.25) is 14.4 Å². The molecular formula is C23H24N4OS. The molecule has 0 atom stereocenters. The number of amides is 1. The monoisotopic (exact) mass is 404 g/mol. The van der Waals surface area contributed by atoms with Crippen molar-refractivity contribution in [2.75, 3.05) is 4.90 Å². The third kappa shape index (κ3) is 4.07. The molecule has 0 radical (unpaired) electrons. The number of aryl methyl sites for hydroxylation is 1. The molecule has 2 aromatic carbocycles. The Morgan fingerprint density at radius 3 is 2.59 bits per heavy atom. The van der Waals surface area contributed by atoms with Crippen LogP contribution in [0.2, 0.25) is 0 Å². The summed E-state index contributed by atoms with van der Waals surface area (Å²) in [6.45, 7) is 6.68. The first-order valence-electron chi connectivity index (χ1n) is 9.85. The van der Waals surface area contributed by atoms with Crippen molar-refractivity contribution in [3.8, 4) is 0 Å². The zero-order valence-corrected chi connectivity index (χ0v) is 17.7. The van der Waals surface area contributed by atoms with Crippen LogP contribution in [-0.4, -0.2) is 20.7 Å². The topological polar surface area (TPSA) is 51.0 Å². The average molecular weight is 405 g/mol. The van der Waals surface area contributed by atoms with Gasteiger partial charge >= 0.3 is 0 Å². The minimum absolute atomic E-state index is 0.136. The van der Waals surface area contributed by atoms with Crippen LogP contribution < -0.4 is 4.90 Å². The van der Waals surface area contributed by atoms with Crippen molar-refractivity contribution in [2.24, 2.45) is 0 Å². The third-order valence-corrected chi connectivity index (χ3v) is 5.91. The van der Waals surface area contributed by atoms with Gasteiger partial charge in [0, 0.05) is 12.2 Å². The average Bonchev–Trinajstić information content (AvgIpc) is 3.39. The minimum Gasteiger partial charge on any atom is -0.278 e. The largest absolute Gasteiger partial charge is 0.280 e. The summed E-state index contributed by atoms with van der Waals surface area (Å²) in [5, 5.41) is 5.18. The van der Waals surface area contributed by atoms with Crippen LogP contribution in [0.1, 0.15) is 48.4 Å². The third-order valence-electron chi connectivity index (χ3n) is 4.87. The Bertz CT molecular complexity index is 1130. The molecule has 5 nitrogen and oxygen atoms in total. The van der Waals surface area contributed by atoms with E-state index in [2.05, 4.69) is 24.2 Å². The Hall–Kier alpha value is -2.99. The Morgan fingerprint density at radius 1 is 1.10 bits per heavy atom. The Morgan fingerprint density at radius 2 is 1.90 bits per heavy atom. The van der Waals surface area contributed by atoms with E-state index in [9.17, 15) is 4.79 Å². The highest BCUT2D eigenvalue weighted by Gasteiger charge is 2.24. The summed E-state index contributed by atoms with van der Waals surface area (Å²) in [5.74, 6) is -0.136. The summed E-state index contributed by atoms with van der Waals surface area (Å²) in [6.07, 6.45) is 2.83. The SMILES string of the molecule is CCc1ccc2nc(N(Cc3ccccc3)C(=O)c3ccn(C(C)C)n3)sc2c1. The van der Waals surface area contributed by atoms with Crippen molar-refractivity contribution in [1.29, 1.82) is 0 Å². The number of hydrogen-bond donors (Lipinski definition) is 0. The summed E-state index contributed by atoms with van der Waals surface area (Å²) < 4.78 is 2.90.